The molecular formula is C14H32N2. The van der Waals surface area contributed by atoms with Gasteiger partial charge in [-0.1, -0.05) is 54.4 Å². The van der Waals surface area contributed by atoms with E-state index in [1.165, 1.54) is 19.4 Å². The molecule has 1 atom stereocenters. The Balaban J connectivity index is 4.56. The molecule has 0 fully saturated rings. The van der Waals surface area contributed by atoms with Gasteiger partial charge in [0.15, 0.2) is 0 Å². The fraction of sp³-hybridized carbons (Fsp3) is 1.00. The van der Waals surface area contributed by atoms with Gasteiger partial charge in [0.1, 0.15) is 0 Å². The van der Waals surface area contributed by atoms with E-state index < -0.39 is 0 Å². The van der Waals surface area contributed by atoms with E-state index in [0.29, 0.717) is 6.04 Å². The summed E-state index contributed by atoms with van der Waals surface area (Å²) in [6.07, 6.45) is 2.54. The Morgan fingerprint density at radius 3 is 1.81 bits per heavy atom. The molecule has 0 bridgehead atoms. The van der Waals surface area contributed by atoms with Crippen LogP contribution in [0.5, 0.6) is 0 Å². The highest BCUT2D eigenvalue weighted by Gasteiger charge is 2.29. The summed E-state index contributed by atoms with van der Waals surface area (Å²) in [6.45, 7) is 16.8. The molecule has 0 radical (unpaired) electrons. The molecule has 2 N–H and O–H groups in total. The second-order valence-corrected chi connectivity index (χ2v) is 5.89. The van der Waals surface area contributed by atoms with Gasteiger partial charge in [0, 0.05) is 19.1 Å². The van der Waals surface area contributed by atoms with Crippen LogP contribution in [-0.4, -0.2) is 30.6 Å². The zero-order valence-electron chi connectivity index (χ0n) is 12.2. The van der Waals surface area contributed by atoms with Crippen LogP contribution in [-0.2, 0) is 0 Å². The summed E-state index contributed by atoms with van der Waals surface area (Å²) >= 11 is 0. The minimum atomic E-state index is 0.275. The smallest absolute Gasteiger partial charge is 0.0266 e. The lowest BCUT2D eigenvalue weighted by Gasteiger charge is -2.40. The van der Waals surface area contributed by atoms with Crippen molar-refractivity contribution in [3.63, 3.8) is 0 Å². The van der Waals surface area contributed by atoms with Crippen molar-refractivity contribution >= 4 is 0 Å². The second kappa shape index (κ2) is 7.29. The van der Waals surface area contributed by atoms with Crippen LogP contribution in [0.15, 0.2) is 0 Å². The van der Waals surface area contributed by atoms with Crippen molar-refractivity contribution in [3.8, 4) is 0 Å². The van der Waals surface area contributed by atoms with Crippen molar-refractivity contribution in [2.45, 2.75) is 60.4 Å². The second-order valence-electron chi connectivity index (χ2n) is 5.89. The molecule has 0 rings (SSSR count). The molecule has 0 aromatic carbocycles. The van der Waals surface area contributed by atoms with Crippen LogP contribution in [0.2, 0.25) is 0 Å². The lowest BCUT2D eigenvalue weighted by atomic mass is 9.85. The maximum Gasteiger partial charge on any atom is 0.0266 e. The molecule has 2 heteroatoms. The van der Waals surface area contributed by atoms with E-state index in [9.17, 15) is 0 Å². The van der Waals surface area contributed by atoms with Crippen molar-refractivity contribution in [2.75, 3.05) is 19.6 Å². The molecule has 0 aromatic rings. The SMILES string of the molecule is CCC(CC)CN(CC)C(CN)C(C)(C)C. The Labute approximate surface area is 103 Å². The van der Waals surface area contributed by atoms with Crippen LogP contribution in [0.1, 0.15) is 54.4 Å². The maximum atomic E-state index is 5.95. The first-order valence-corrected chi connectivity index (χ1v) is 6.84. The molecule has 0 saturated carbocycles. The van der Waals surface area contributed by atoms with Crippen molar-refractivity contribution in [3.05, 3.63) is 0 Å². The molecule has 0 aliphatic heterocycles. The van der Waals surface area contributed by atoms with E-state index in [1.807, 2.05) is 0 Å². The summed E-state index contributed by atoms with van der Waals surface area (Å²) in [5.41, 5.74) is 6.23. The van der Waals surface area contributed by atoms with E-state index in [0.717, 1.165) is 19.0 Å². The molecule has 0 heterocycles. The Bertz CT molecular complexity index is 168. The first-order valence-electron chi connectivity index (χ1n) is 6.84. The highest BCUT2D eigenvalue weighted by atomic mass is 15.2. The third-order valence-corrected chi connectivity index (χ3v) is 3.72. The number of rotatable bonds is 7. The fourth-order valence-electron chi connectivity index (χ4n) is 2.41. The summed E-state index contributed by atoms with van der Waals surface area (Å²) in [5.74, 6) is 0.816. The fourth-order valence-corrected chi connectivity index (χ4v) is 2.41. The lowest BCUT2D eigenvalue weighted by molar-refractivity contribution is 0.0914. The number of likely N-dealkylation sites (N-methyl/N-ethyl adjacent to an activating group) is 1. The number of nitrogens with zero attached hydrogens (tertiary/aromatic N) is 1. The predicted octanol–water partition coefficient (Wildman–Crippen LogP) is 3.12. The first kappa shape index (κ1) is 15.9. The van der Waals surface area contributed by atoms with Crippen LogP contribution < -0.4 is 5.73 Å². The Morgan fingerprint density at radius 1 is 1.06 bits per heavy atom. The van der Waals surface area contributed by atoms with E-state index in [-0.39, 0.29) is 5.41 Å². The Hall–Kier alpha value is -0.0800. The molecule has 1 unspecified atom stereocenters. The van der Waals surface area contributed by atoms with E-state index >= 15 is 0 Å². The highest BCUT2D eigenvalue weighted by Crippen LogP contribution is 2.25. The van der Waals surface area contributed by atoms with Crippen LogP contribution in [0, 0.1) is 11.3 Å². The highest BCUT2D eigenvalue weighted by molar-refractivity contribution is 4.84. The summed E-state index contributed by atoms with van der Waals surface area (Å²) in [7, 11) is 0. The molecule has 0 aliphatic rings. The zero-order valence-corrected chi connectivity index (χ0v) is 12.2. The molecule has 98 valence electrons. The number of hydrogen-bond donors (Lipinski definition) is 1. The van der Waals surface area contributed by atoms with Gasteiger partial charge in [0.05, 0.1) is 0 Å². The molecular weight excluding hydrogens is 196 g/mol. The van der Waals surface area contributed by atoms with Gasteiger partial charge in [-0.3, -0.25) is 4.90 Å². The van der Waals surface area contributed by atoms with Crippen LogP contribution in [0.3, 0.4) is 0 Å². The van der Waals surface area contributed by atoms with Crippen LogP contribution >= 0.6 is 0 Å². The molecule has 2 nitrogen and oxygen atoms in total. The van der Waals surface area contributed by atoms with Crippen molar-refractivity contribution in [1.29, 1.82) is 0 Å². The molecule has 0 aliphatic carbocycles. The third kappa shape index (κ3) is 4.84. The quantitative estimate of drug-likeness (QED) is 0.725. The number of hydrogen-bond acceptors (Lipinski definition) is 2. The third-order valence-electron chi connectivity index (χ3n) is 3.72. The normalized spacial score (nSPS) is 14.8. The zero-order chi connectivity index (χ0) is 12.8. The van der Waals surface area contributed by atoms with E-state index in [4.69, 9.17) is 5.73 Å². The molecule has 0 amide bonds. The standard InChI is InChI=1S/C14H32N2/c1-7-12(8-2)11-16(9-3)13(10-15)14(4,5)6/h12-13H,7-11,15H2,1-6H3. The van der Waals surface area contributed by atoms with Crippen LogP contribution in [0.25, 0.3) is 0 Å². The topological polar surface area (TPSA) is 29.3 Å². The average molecular weight is 228 g/mol. The Morgan fingerprint density at radius 2 is 1.56 bits per heavy atom. The molecule has 0 spiro atoms. The summed E-state index contributed by atoms with van der Waals surface area (Å²) in [4.78, 5) is 2.57. The summed E-state index contributed by atoms with van der Waals surface area (Å²) in [6, 6.07) is 0.498. The van der Waals surface area contributed by atoms with Gasteiger partial charge in [0.2, 0.25) is 0 Å². The molecule has 16 heavy (non-hydrogen) atoms. The first-order chi connectivity index (χ1) is 7.40. The van der Waals surface area contributed by atoms with E-state index in [2.05, 4.69) is 46.4 Å². The minimum absolute atomic E-state index is 0.275. The van der Waals surface area contributed by atoms with Gasteiger partial charge in [-0.2, -0.15) is 0 Å². The van der Waals surface area contributed by atoms with Crippen molar-refractivity contribution in [1.82, 2.24) is 4.90 Å². The largest absolute Gasteiger partial charge is 0.329 e. The summed E-state index contributed by atoms with van der Waals surface area (Å²) < 4.78 is 0. The van der Waals surface area contributed by atoms with Gasteiger partial charge < -0.3 is 5.73 Å². The molecule has 0 aromatic heterocycles. The lowest BCUT2D eigenvalue weighted by Crippen LogP contribution is -2.50. The maximum absolute atomic E-state index is 5.95. The van der Waals surface area contributed by atoms with Gasteiger partial charge in [0.25, 0.3) is 0 Å². The summed E-state index contributed by atoms with van der Waals surface area (Å²) in [5, 5.41) is 0. The Kier molecular flexibility index (Phi) is 7.25. The van der Waals surface area contributed by atoms with Gasteiger partial charge in [-0.25, -0.2) is 0 Å². The monoisotopic (exact) mass is 228 g/mol. The molecule has 0 saturated heterocycles. The van der Waals surface area contributed by atoms with Crippen molar-refractivity contribution < 1.29 is 0 Å². The minimum Gasteiger partial charge on any atom is -0.329 e. The van der Waals surface area contributed by atoms with Gasteiger partial charge in [-0.15, -0.1) is 0 Å². The van der Waals surface area contributed by atoms with Crippen LogP contribution in [0.4, 0.5) is 0 Å². The van der Waals surface area contributed by atoms with E-state index in [1.54, 1.807) is 0 Å². The van der Waals surface area contributed by atoms with Gasteiger partial charge >= 0.3 is 0 Å². The van der Waals surface area contributed by atoms with Crippen molar-refractivity contribution in [2.24, 2.45) is 17.1 Å². The predicted molar refractivity (Wildman–Crippen MR) is 73.6 cm³/mol. The number of nitrogens with two attached hydrogens (primary N) is 1. The van der Waals surface area contributed by atoms with Gasteiger partial charge in [-0.05, 0) is 17.9 Å². The average Bonchev–Trinajstić information content (AvgIpc) is 2.22.